The Kier molecular flexibility index (Phi) is 10.1. The molecule has 29 heavy (non-hydrogen) atoms. The van der Waals surface area contributed by atoms with Crippen LogP contribution in [0.4, 0.5) is 4.39 Å². The van der Waals surface area contributed by atoms with Crippen molar-refractivity contribution in [2.24, 2.45) is 4.99 Å². The number of guanidine groups is 1. The van der Waals surface area contributed by atoms with Crippen LogP contribution in [0.2, 0.25) is 0 Å². The van der Waals surface area contributed by atoms with Gasteiger partial charge in [0, 0.05) is 37.8 Å². The van der Waals surface area contributed by atoms with Gasteiger partial charge in [0.2, 0.25) is 0 Å². The summed E-state index contributed by atoms with van der Waals surface area (Å²) < 4.78 is 19.0. The molecule has 2 N–H and O–H groups in total. The van der Waals surface area contributed by atoms with Crippen LogP contribution in [0.1, 0.15) is 45.1 Å². The Balaban J connectivity index is 0.00000300. The van der Waals surface area contributed by atoms with Gasteiger partial charge >= 0.3 is 0 Å². The Hall–Kier alpha value is -0.930. The molecule has 2 heterocycles. The molecule has 3 rings (SSSR count). The van der Waals surface area contributed by atoms with E-state index in [-0.39, 0.29) is 35.2 Å². The highest BCUT2D eigenvalue weighted by Gasteiger charge is 2.34. The summed E-state index contributed by atoms with van der Waals surface area (Å²) in [5, 5.41) is 6.94. The number of aliphatic imine (C=N–C) groups is 1. The first-order valence-electron chi connectivity index (χ1n) is 10.8. The Morgan fingerprint density at radius 1 is 1.21 bits per heavy atom. The van der Waals surface area contributed by atoms with Crippen LogP contribution in [0.5, 0.6) is 0 Å². The van der Waals surface area contributed by atoms with E-state index in [9.17, 15) is 4.39 Å². The largest absolute Gasteiger partial charge is 0.381 e. The fourth-order valence-corrected chi connectivity index (χ4v) is 4.43. The molecule has 1 unspecified atom stereocenters. The fraction of sp³-hybridized carbons (Fsp3) is 0.682. The van der Waals surface area contributed by atoms with E-state index in [1.165, 1.54) is 19.4 Å². The maximum Gasteiger partial charge on any atom is 0.191 e. The normalized spacial score (nSPS) is 22.2. The average Bonchev–Trinajstić information content (AvgIpc) is 3.19. The van der Waals surface area contributed by atoms with Gasteiger partial charge in [0.05, 0.1) is 6.54 Å². The molecule has 2 saturated heterocycles. The number of halogens is 2. The second-order valence-corrected chi connectivity index (χ2v) is 7.90. The topological polar surface area (TPSA) is 48.9 Å². The van der Waals surface area contributed by atoms with Crippen LogP contribution in [0.25, 0.3) is 0 Å². The van der Waals surface area contributed by atoms with Gasteiger partial charge in [-0.05, 0) is 63.4 Å². The molecule has 5 nitrogen and oxygen atoms in total. The molecule has 1 aromatic rings. The number of nitrogens with zero attached hydrogens (tertiary/aromatic N) is 2. The van der Waals surface area contributed by atoms with Crippen LogP contribution in [0.3, 0.4) is 0 Å². The van der Waals surface area contributed by atoms with Crippen molar-refractivity contribution in [2.45, 2.75) is 51.0 Å². The Morgan fingerprint density at radius 3 is 2.59 bits per heavy atom. The third-order valence-electron chi connectivity index (χ3n) is 6.20. The fourth-order valence-electron chi connectivity index (χ4n) is 4.43. The first-order valence-corrected chi connectivity index (χ1v) is 10.8. The second kappa shape index (κ2) is 12.1. The maximum atomic E-state index is 13.4. The van der Waals surface area contributed by atoms with Gasteiger partial charge in [0.25, 0.3) is 0 Å². The number of hydrogen-bond acceptors (Lipinski definition) is 3. The monoisotopic (exact) mass is 518 g/mol. The van der Waals surface area contributed by atoms with E-state index in [0.29, 0.717) is 12.6 Å². The summed E-state index contributed by atoms with van der Waals surface area (Å²) in [6.07, 6.45) is 4.35. The Bertz CT molecular complexity index is 634. The molecule has 0 spiro atoms. The smallest absolute Gasteiger partial charge is 0.191 e. The summed E-state index contributed by atoms with van der Waals surface area (Å²) in [6, 6.07) is 7.52. The van der Waals surface area contributed by atoms with E-state index in [2.05, 4.69) is 29.4 Å². The first-order chi connectivity index (χ1) is 13.7. The van der Waals surface area contributed by atoms with Gasteiger partial charge in [-0.3, -0.25) is 9.89 Å². The van der Waals surface area contributed by atoms with E-state index >= 15 is 0 Å². The lowest BCUT2D eigenvalue weighted by Crippen LogP contribution is -2.46. The molecule has 0 saturated carbocycles. The van der Waals surface area contributed by atoms with Crippen molar-refractivity contribution in [3.8, 4) is 0 Å². The van der Waals surface area contributed by atoms with E-state index < -0.39 is 0 Å². The standard InChI is InChI=1S/C22H35FN4O.HI/c1-3-24-21(25-16-20-6-5-13-27(20)4-2)26-17-22(11-14-28-15-12-22)18-7-9-19(23)10-8-18;/h7-10,20H,3-6,11-17H2,1-2H3,(H2,24,25,26);1H. The highest BCUT2D eigenvalue weighted by Crippen LogP contribution is 2.35. The van der Waals surface area contributed by atoms with Crippen molar-refractivity contribution in [1.29, 1.82) is 0 Å². The van der Waals surface area contributed by atoms with Gasteiger partial charge in [0.15, 0.2) is 5.96 Å². The average molecular weight is 518 g/mol. The number of nitrogens with one attached hydrogen (secondary N) is 2. The minimum Gasteiger partial charge on any atom is -0.381 e. The van der Waals surface area contributed by atoms with Crippen molar-refractivity contribution in [3.05, 3.63) is 35.6 Å². The van der Waals surface area contributed by atoms with Crippen LogP contribution in [-0.2, 0) is 10.2 Å². The molecule has 164 valence electrons. The molecule has 0 bridgehead atoms. The number of likely N-dealkylation sites (N-methyl/N-ethyl adjacent to an activating group) is 1. The van der Waals surface area contributed by atoms with Gasteiger partial charge in [0.1, 0.15) is 5.82 Å². The van der Waals surface area contributed by atoms with E-state index in [1.54, 1.807) is 12.1 Å². The van der Waals surface area contributed by atoms with Gasteiger partial charge in [-0.15, -0.1) is 24.0 Å². The molecule has 2 fully saturated rings. The summed E-state index contributed by atoms with van der Waals surface area (Å²) in [6.45, 7) is 10.5. The summed E-state index contributed by atoms with van der Waals surface area (Å²) in [4.78, 5) is 7.48. The summed E-state index contributed by atoms with van der Waals surface area (Å²) >= 11 is 0. The zero-order chi connectivity index (χ0) is 19.8. The minimum absolute atomic E-state index is 0. The molecule has 0 aliphatic carbocycles. The molecule has 2 aliphatic rings. The number of benzene rings is 1. The third kappa shape index (κ3) is 6.52. The zero-order valence-electron chi connectivity index (χ0n) is 17.8. The third-order valence-corrected chi connectivity index (χ3v) is 6.20. The van der Waals surface area contributed by atoms with E-state index in [0.717, 1.165) is 57.2 Å². The van der Waals surface area contributed by atoms with E-state index in [4.69, 9.17) is 9.73 Å². The van der Waals surface area contributed by atoms with Gasteiger partial charge < -0.3 is 15.4 Å². The Labute approximate surface area is 191 Å². The number of likely N-dealkylation sites (tertiary alicyclic amines) is 1. The molecule has 0 aromatic heterocycles. The van der Waals surface area contributed by atoms with Crippen molar-refractivity contribution < 1.29 is 9.13 Å². The van der Waals surface area contributed by atoms with Crippen molar-refractivity contribution in [2.75, 3.05) is 45.9 Å². The summed E-state index contributed by atoms with van der Waals surface area (Å²) in [5.74, 6) is 0.680. The predicted octanol–water partition coefficient (Wildman–Crippen LogP) is 3.53. The molecule has 0 amide bonds. The minimum atomic E-state index is -0.193. The maximum absolute atomic E-state index is 13.4. The summed E-state index contributed by atoms with van der Waals surface area (Å²) in [7, 11) is 0. The molecular formula is C22H36FIN4O. The highest BCUT2D eigenvalue weighted by molar-refractivity contribution is 14.0. The molecule has 0 radical (unpaired) electrons. The Morgan fingerprint density at radius 2 is 1.93 bits per heavy atom. The van der Waals surface area contributed by atoms with Crippen molar-refractivity contribution in [1.82, 2.24) is 15.5 Å². The quantitative estimate of drug-likeness (QED) is 0.330. The van der Waals surface area contributed by atoms with Crippen LogP contribution >= 0.6 is 24.0 Å². The zero-order valence-corrected chi connectivity index (χ0v) is 20.1. The number of ether oxygens (including phenoxy) is 1. The molecule has 2 aliphatic heterocycles. The summed E-state index contributed by atoms with van der Waals surface area (Å²) in [5.41, 5.74) is 1.07. The SMILES string of the molecule is CCNC(=NCC1(c2ccc(F)cc2)CCOCC1)NCC1CCCN1CC.I. The van der Waals surface area contributed by atoms with Crippen molar-refractivity contribution >= 4 is 29.9 Å². The van der Waals surface area contributed by atoms with Crippen LogP contribution < -0.4 is 10.6 Å². The molecule has 7 heteroatoms. The van der Waals surface area contributed by atoms with Crippen LogP contribution in [0.15, 0.2) is 29.3 Å². The second-order valence-electron chi connectivity index (χ2n) is 7.90. The molecular weight excluding hydrogens is 482 g/mol. The van der Waals surface area contributed by atoms with Gasteiger partial charge in [-0.2, -0.15) is 0 Å². The van der Waals surface area contributed by atoms with Gasteiger partial charge in [-0.25, -0.2) is 4.39 Å². The van der Waals surface area contributed by atoms with Gasteiger partial charge in [-0.1, -0.05) is 19.1 Å². The lowest BCUT2D eigenvalue weighted by atomic mass is 9.74. The lowest BCUT2D eigenvalue weighted by Gasteiger charge is -2.36. The van der Waals surface area contributed by atoms with Crippen LogP contribution in [0, 0.1) is 5.82 Å². The predicted molar refractivity (Wildman–Crippen MR) is 128 cm³/mol. The number of rotatable bonds is 7. The van der Waals surface area contributed by atoms with E-state index in [1.807, 2.05) is 12.1 Å². The highest BCUT2D eigenvalue weighted by atomic mass is 127. The van der Waals surface area contributed by atoms with Crippen molar-refractivity contribution in [3.63, 3.8) is 0 Å². The first kappa shape index (κ1) is 24.3. The van der Waals surface area contributed by atoms with Crippen LogP contribution in [-0.4, -0.2) is 62.8 Å². The molecule has 1 atom stereocenters. The number of hydrogen-bond donors (Lipinski definition) is 2. The molecule has 1 aromatic carbocycles. The lowest BCUT2D eigenvalue weighted by molar-refractivity contribution is 0.0531.